The molecule has 2 aromatic heterocycles. The summed E-state index contributed by atoms with van der Waals surface area (Å²) in [4.78, 5) is 4.19. The molecule has 0 aliphatic rings. The first-order valence-corrected chi connectivity index (χ1v) is 5.58. The summed E-state index contributed by atoms with van der Waals surface area (Å²) in [6.45, 7) is 0. The number of anilines is 1. The van der Waals surface area contributed by atoms with Gasteiger partial charge in [-0.2, -0.15) is 5.10 Å². The van der Waals surface area contributed by atoms with E-state index >= 15 is 0 Å². The van der Waals surface area contributed by atoms with Crippen molar-refractivity contribution < 1.29 is 5.11 Å². The van der Waals surface area contributed by atoms with Gasteiger partial charge in [-0.05, 0) is 17.7 Å². The second kappa shape index (κ2) is 4.03. The molecule has 1 aromatic carbocycles. The average molecular weight is 240 g/mol. The quantitative estimate of drug-likeness (QED) is 0.713. The van der Waals surface area contributed by atoms with E-state index < -0.39 is 0 Å². The minimum Gasteiger partial charge on any atom is -0.508 e. The van der Waals surface area contributed by atoms with E-state index in [1.54, 1.807) is 29.0 Å². The third-order valence-corrected chi connectivity index (χ3v) is 2.68. The van der Waals surface area contributed by atoms with Crippen molar-refractivity contribution in [2.24, 2.45) is 0 Å². The second-order valence-corrected chi connectivity index (χ2v) is 4.17. The minimum absolute atomic E-state index is 0.263. The van der Waals surface area contributed by atoms with Crippen LogP contribution in [0.1, 0.15) is 11.3 Å². The molecule has 0 fully saturated rings. The number of hydrogen-bond acceptors (Lipinski definition) is 4. The Balaban J connectivity index is 1.95. The molecule has 0 saturated carbocycles. The van der Waals surface area contributed by atoms with E-state index in [1.165, 1.54) is 0 Å². The molecule has 0 bridgehead atoms. The number of hydrogen-bond donors (Lipinski definition) is 2. The lowest BCUT2D eigenvalue weighted by Gasteiger charge is -1.98. The highest BCUT2D eigenvalue weighted by Crippen LogP contribution is 2.15. The second-order valence-electron chi connectivity index (χ2n) is 4.17. The minimum atomic E-state index is 0.263. The van der Waals surface area contributed by atoms with Crippen molar-refractivity contribution in [3.05, 3.63) is 54.0 Å². The van der Waals surface area contributed by atoms with E-state index in [4.69, 9.17) is 5.73 Å². The molecule has 5 heteroatoms. The number of nitrogen functional groups attached to an aromatic ring is 1. The highest BCUT2D eigenvalue weighted by molar-refractivity contribution is 5.45. The molecule has 0 atom stereocenters. The Kier molecular flexibility index (Phi) is 2.37. The number of fused-ring (bicyclic) bond motifs is 1. The van der Waals surface area contributed by atoms with Crippen molar-refractivity contribution in [1.29, 1.82) is 0 Å². The Morgan fingerprint density at radius 3 is 3.00 bits per heavy atom. The lowest BCUT2D eigenvalue weighted by molar-refractivity contribution is 0.474. The van der Waals surface area contributed by atoms with Crippen molar-refractivity contribution in [3.8, 4) is 5.75 Å². The number of nitrogens with zero attached hydrogens (tertiary/aromatic N) is 3. The smallest absolute Gasteiger partial charge is 0.155 e. The van der Waals surface area contributed by atoms with Gasteiger partial charge in [0.2, 0.25) is 0 Å². The molecule has 18 heavy (non-hydrogen) atoms. The summed E-state index contributed by atoms with van der Waals surface area (Å²) < 4.78 is 1.66. The third kappa shape index (κ3) is 1.98. The Bertz CT molecular complexity index is 705. The monoisotopic (exact) mass is 240 g/mol. The van der Waals surface area contributed by atoms with Crippen molar-refractivity contribution in [1.82, 2.24) is 14.6 Å². The number of nitrogens with two attached hydrogens (primary N) is 1. The zero-order valence-corrected chi connectivity index (χ0v) is 9.61. The number of aromatic hydroxyl groups is 1. The SMILES string of the molecule is Nc1cnc2cc(Cc3cccc(O)c3)nn2c1. The van der Waals surface area contributed by atoms with Gasteiger partial charge < -0.3 is 10.8 Å². The fourth-order valence-electron chi connectivity index (χ4n) is 1.90. The summed E-state index contributed by atoms with van der Waals surface area (Å²) in [5, 5.41) is 13.8. The largest absolute Gasteiger partial charge is 0.508 e. The summed E-state index contributed by atoms with van der Waals surface area (Å²) in [6, 6.07) is 9.05. The molecule has 0 spiro atoms. The molecule has 0 aliphatic carbocycles. The average Bonchev–Trinajstić information content (AvgIpc) is 2.70. The van der Waals surface area contributed by atoms with Crippen LogP contribution >= 0.6 is 0 Å². The van der Waals surface area contributed by atoms with E-state index in [2.05, 4.69) is 10.1 Å². The van der Waals surface area contributed by atoms with Crippen LogP contribution < -0.4 is 5.73 Å². The van der Waals surface area contributed by atoms with Gasteiger partial charge in [0.25, 0.3) is 0 Å². The molecule has 3 aromatic rings. The molecule has 90 valence electrons. The number of benzene rings is 1. The van der Waals surface area contributed by atoms with Gasteiger partial charge in [-0.1, -0.05) is 12.1 Å². The highest BCUT2D eigenvalue weighted by atomic mass is 16.3. The Morgan fingerprint density at radius 2 is 2.17 bits per heavy atom. The normalized spacial score (nSPS) is 10.9. The maximum absolute atomic E-state index is 9.41. The number of aromatic nitrogens is 3. The van der Waals surface area contributed by atoms with Crippen LogP contribution in [0.5, 0.6) is 5.75 Å². The van der Waals surface area contributed by atoms with Gasteiger partial charge in [-0.15, -0.1) is 0 Å². The number of phenols is 1. The fraction of sp³-hybridized carbons (Fsp3) is 0.0769. The predicted octanol–water partition coefficient (Wildman–Crippen LogP) is 1.61. The van der Waals surface area contributed by atoms with Crippen molar-refractivity contribution in [2.45, 2.75) is 6.42 Å². The maximum atomic E-state index is 9.41. The lowest BCUT2D eigenvalue weighted by atomic mass is 10.1. The first-order chi connectivity index (χ1) is 8.70. The molecule has 0 radical (unpaired) electrons. The van der Waals surface area contributed by atoms with Crippen molar-refractivity contribution >= 4 is 11.3 Å². The van der Waals surface area contributed by atoms with Crippen LogP contribution in [-0.4, -0.2) is 19.7 Å². The van der Waals surface area contributed by atoms with E-state index in [1.807, 2.05) is 18.2 Å². The molecule has 0 unspecified atom stereocenters. The number of rotatable bonds is 2. The zero-order chi connectivity index (χ0) is 12.5. The molecule has 0 saturated heterocycles. The molecule has 2 heterocycles. The van der Waals surface area contributed by atoms with Crippen LogP contribution in [0, 0.1) is 0 Å². The zero-order valence-electron chi connectivity index (χ0n) is 9.61. The summed E-state index contributed by atoms with van der Waals surface area (Å²) in [7, 11) is 0. The van der Waals surface area contributed by atoms with Gasteiger partial charge in [0.15, 0.2) is 5.65 Å². The molecule has 5 nitrogen and oxygen atoms in total. The van der Waals surface area contributed by atoms with E-state index in [9.17, 15) is 5.11 Å². The van der Waals surface area contributed by atoms with E-state index in [-0.39, 0.29) is 5.75 Å². The van der Waals surface area contributed by atoms with Gasteiger partial charge in [-0.3, -0.25) is 0 Å². The molecular formula is C13H12N4O. The Hall–Kier alpha value is -2.56. The van der Waals surface area contributed by atoms with Gasteiger partial charge in [-0.25, -0.2) is 9.50 Å². The Morgan fingerprint density at radius 1 is 1.28 bits per heavy atom. The van der Waals surface area contributed by atoms with Crippen LogP contribution in [0.25, 0.3) is 5.65 Å². The summed E-state index contributed by atoms with van der Waals surface area (Å²) >= 11 is 0. The molecular weight excluding hydrogens is 228 g/mol. The summed E-state index contributed by atoms with van der Waals surface area (Å²) in [5.74, 6) is 0.263. The molecule has 3 N–H and O–H groups in total. The van der Waals surface area contributed by atoms with Crippen molar-refractivity contribution in [2.75, 3.05) is 5.73 Å². The van der Waals surface area contributed by atoms with Crippen LogP contribution in [0.2, 0.25) is 0 Å². The lowest BCUT2D eigenvalue weighted by Crippen LogP contribution is -1.94. The summed E-state index contributed by atoms with van der Waals surface area (Å²) in [5.41, 5.74) is 8.88. The molecule has 0 amide bonds. The van der Waals surface area contributed by atoms with E-state index in [0.717, 1.165) is 16.9 Å². The first-order valence-electron chi connectivity index (χ1n) is 5.58. The van der Waals surface area contributed by atoms with Gasteiger partial charge in [0.05, 0.1) is 23.8 Å². The van der Waals surface area contributed by atoms with Crippen LogP contribution in [-0.2, 0) is 6.42 Å². The van der Waals surface area contributed by atoms with Gasteiger partial charge in [0, 0.05) is 12.5 Å². The highest BCUT2D eigenvalue weighted by Gasteiger charge is 2.04. The third-order valence-electron chi connectivity index (χ3n) is 2.68. The van der Waals surface area contributed by atoms with Crippen LogP contribution in [0.15, 0.2) is 42.7 Å². The van der Waals surface area contributed by atoms with Crippen LogP contribution in [0.3, 0.4) is 0 Å². The maximum Gasteiger partial charge on any atom is 0.155 e. The van der Waals surface area contributed by atoms with Crippen molar-refractivity contribution in [3.63, 3.8) is 0 Å². The molecule has 0 aliphatic heterocycles. The molecule has 3 rings (SSSR count). The predicted molar refractivity (Wildman–Crippen MR) is 68.3 cm³/mol. The van der Waals surface area contributed by atoms with Gasteiger partial charge >= 0.3 is 0 Å². The standard InChI is InChI=1S/C13H12N4O/c14-10-7-15-13-6-11(16-17(13)8-10)4-9-2-1-3-12(18)5-9/h1-3,5-8,18H,4,14H2. The fourth-order valence-corrected chi connectivity index (χ4v) is 1.90. The Labute approximate surface area is 104 Å². The van der Waals surface area contributed by atoms with E-state index in [0.29, 0.717) is 12.1 Å². The van der Waals surface area contributed by atoms with Gasteiger partial charge in [0.1, 0.15) is 5.75 Å². The topological polar surface area (TPSA) is 76.4 Å². The number of phenolic OH excluding ortho intramolecular Hbond substituents is 1. The summed E-state index contributed by atoms with van der Waals surface area (Å²) in [6.07, 6.45) is 3.99. The first kappa shape index (κ1) is 10.6. The van der Waals surface area contributed by atoms with Crippen LogP contribution in [0.4, 0.5) is 5.69 Å².